The first kappa shape index (κ1) is 62.2. The van der Waals surface area contributed by atoms with E-state index < -0.39 is 75.0 Å². The van der Waals surface area contributed by atoms with E-state index in [9.17, 15) is 14.9 Å². The lowest BCUT2D eigenvalue weighted by Crippen LogP contribution is -2.52. The molecular formula is C64H73N12O12PSi. The number of aliphatic imine (C=N–C) groups is 1. The molecule has 470 valence electrons. The van der Waals surface area contributed by atoms with E-state index >= 15 is 4.57 Å². The van der Waals surface area contributed by atoms with Gasteiger partial charge in [0.05, 0.1) is 83.8 Å². The molecule has 0 radical (unpaired) electrons. The fourth-order valence-electron chi connectivity index (χ4n) is 12.5. The molecule has 2 N–H and O–H groups in total. The van der Waals surface area contributed by atoms with Crippen LogP contribution in [0, 0.1) is 22.7 Å². The van der Waals surface area contributed by atoms with Crippen LogP contribution in [-0.2, 0) is 42.4 Å². The summed E-state index contributed by atoms with van der Waals surface area (Å²) in [5.74, 6) is 0.790. The number of nitrogens with one attached hydrogen (secondary N) is 2. The van der Waals surface area contributed by atoms with Crippen LogP contribution in [0.2, 0.25) is 18.1 Å². The van der Waals surface area contributed by atoms with Crippen LogP contribution in [0.5, 0.6) is 11.5 Å². The van der Waals surface area contributed by atoms with Crippen LogP contribution in [-0.4, -0.2) is 143 Å². The molecule has 24 nitrogen and oxygen atoms in total. The second-order valence-corrected chi connectivity index (χ2v) is 31.3. The van der Waals surface area contributed by atoms with Gasteiger partial charge < -0.3 is 42.9 Å². The Morgan fingerprint density at radius 1 is 0.878 bits per heavy atom. The highest BCUT2D eigenvalue weighted by atomic mass is 31.2. The molecule has 2 aliphatic carbocycles. The number of imidazole rings is 2. The van der Waals surface area contributed by atoms with E-state index in [2.05, 4.69) is 70.2 Å². The maximum absolute atomic E-state index is 16.2. The molecule has 4 aromatic carbocycles. The lowest BCUT2D eigenvalue weighted by Gasteiger charge is -2.46. The summed E-state index contributed by atoms with van der Waals surface area (Å²) in [6, 6.07) is 35.9. The monoisotopic (exact) mass is 1260 g/mol. The van der Waals surface area contributed by atoms with Crippen molar-refractivity contribution in [2.24, 2.45) is 16.3 Å². The summed E-state index contributed by atoms with van der Waals surface area (Å²) < 4.78 is 80.8. The van der Waals surface area contributed by atoms with E-state index in [4.69, 9.17) is 51.6 Å². The summed E-state index contributed by atoms with van der Waals surface area (Å²) in [6.07, 6.45) is 1.95. The smallest absolute Gasteiger partial charge is 0.475 e. The number of aromatic amines is 1. The third kappa shape index (κ3) is 11.2. The van der Waals surface area contributed by atoms with Gasteiger partial charge in [0.15, 0.2) is 42.7 Å². The molecule has 1 amide bonds. The van der Waals surface area contributed by atoms with Crippen LogP contribution in [0.1, 0.15) is 86.3 Å². The first-order chi connectivity index (χ1) is 43.2. The summed E-state index contributed by atoms with van der Waals surface area (Å²) in [6.45, 7) is 12.3. The fraction of sp³-hybridized carbons (Fsp3) is 0.422. The summed E-state index contributed by atoms with van der Waals surface area (Å²) in [4.78, 5) is 59.2. The molecule has 1 unspecified atom stereocenters. The van der Waals surface area contributed by atoms with Crippen molar-refractivity contribution in [2.75, 3.05) is 53.5 Å². The highest BCUT2D eigenvalue weighted by Crippen LogP contribution is 2.73. The first-order valence-electron chi connectivity index (χ1n) is 29.9. The average Bonchev–Trinajstić information content (AvgIpc) is 1.50. The second kappa shape index (κ2) is 24.3. The van der Waals surface area contributed by atoms with Gasteiger partial charge in [0.2, 0.25) is 5.95 Å². The van der Waals surface area contributed by atoms with Gasteiger partial charge in [0.1, 0.15) is 41.2 Å². The van der Waals surface area contributed by atoms with Gasteiger partial charge in [-0.3, -0.25) is 32.7 Å². The van der Waals surface area contributed by atoms with E-state index in [0.29, 0.717) is 41.1 Å². The Labute approximate surface area is 521 Å². The van der Waals surface area contributed by atoms with E-state index in [-0.39, 0.29) is 66.0 Å². The van der Waals surface area contributed by atoms with Gasteiger partial charge in [-0.1, -0.05) is 100 Å². The Kier molecular flexibility index (Phi) is 16.8. The lowest BCUT2D eigenvalue weighted by molar-refractivity contribution is -0.173. The van der Waals surface area contributed by atoms with Crippen molar-refractivity contribution in [3.05, 3.63) is 161 Å². The Morgan fingerprint density at radius 3 is 2.16 bits per heavy atom. The van der Waals surface area contributed by atoms with Crippen molar-refractivity contribution in [1.82, 2.24) is 43.9 Å². The number of benzene rings is 4. The largest absolute Gasteiger partial charge is 0.497 e. The zero-order valence-corrected chi connectivity index (χ0v) is 53.7. The quantitative estimate of drug-likeness (QED) is 0.0142. The van der Waals surface area contributed by atoms with Gasteiger partial charge in [-0.25, -0.2) is 29.5 Å². The Morgan fingerprint density at radius 2 is 1.52 bits per heavy atom. The molecule has 26 heteroatoms. The van der Waals surface area contributed by atoms with Crippen LogP contribution in [0.4, 0.5) is 11.8 Å². The average molecular weight is 1260 g/mol. The highest BCUT2D eigenvalue weighted by Gasteiger charge is 2.75. The number of phosphoric ester groups is 1. The predicted octanol–water partition coefficient (Wildman–Crippen LogP) is 10.3. The number of anilines is 1. The zero-order chi connectivity index (χ0) is 63.4. The molecule has 2 bridgehead atoms. The maximum atomic E-state index is 16.2. The van der Waals surface area contributed by atoms with Gasteiger partial charge in [-0.2, -0.15) is 10.2 Å². The van der Waals surface area contributed by atoms with Crippen LogP contribution >= 0.6 is 7.82 Å². The number of hydrogen-bond donors (Lipinski definition) is 2. The number of nitriles is 1. The maximum Gasteiger partial charge on any atom is 0.475 e. The minimum Gasteiger partial charge on any atom is -0.497 e. The Hall–Kier alpha value is -8.02. The number of fused-ring (bicyclic) bond motifs is 5. The summed E-state index contributed by atoms with van der Waals surface area (Å²) in [5.41, 5.74) is -0.451. The van der Waals surface area contributed by atoms with Crippen LogP contribution in [0.25, 0.3) is 22.3 Å². The molecule has 12 rings (SSSR count). The standard InChI is InChI=1S/C64H73N12O12PSi/c1-11-63-35-82-51(59(86-63)76-39-69-48-56(76)72-60(73-58(48)78)70-37-74(5)6)53(63)87-89(79,83-32-18-31-65)84-34-62-33-46(62)49(75-38-68-47-54(66-36-67-55(47)75)71-57(77)40-19-14-12-15-20-40)50(88-90(9,10)61(2,3)4)52(62)85-64(41-21-16-13-17-22-41,42-23-27-44(80-7)28-24-42)43-25-29-45(81-8)30-26-43/h12-17,19-30,36-39,46,49-53,59H,11,18,32-35H2,1-10H3,(H,72,73,78)(H,66,67,71,77)/b70-37+/t46-,49-,50+,51-,52+,53+,59-,62-,63+,89?/m1/s1. The third-order valence-corrected chi connectivity index (χ3v) is 24.2. The van der Waals surface area contributed by atoms with Crippen LogP contribution in [0.15, 0.2) is 138 Å². The molecular weight excluding hydrogens is 1190 g/mol. The molecule has 90 heavy (non-hydrogen) atoms. The molecule has 2 saturated carbocycles. The number of amides is 1. The number of H-pyrrole nitrogens is 1. The van der Waals surface area contributed by atoms with E-state index in [0.717, 1.165) is 16.7 Å². The molecule has 0 spiro atoms. The van der Waals surface area contributed by atoms with E-state index in [1.807, 2.05) is 96.4 Å². The lowest BCUT2D eigenvalue weighted by atomic mass is 9.79. The number of carbonyl (C=O) groups excluding carboxylic acids is 1. The number of ether oxygens (including phenoxy) is 5. The van der Waals surface area contributed by atoms with Gasteiger partial charge in [0, 0.05) is 25.1 Å². The van der Waals surface area contributed by atoms with Gasteiger partial charge >= 0.3 is 7.82 Å². The number of carbonyl (C=O) groups is 1. The molecule has 4 aliphatic rings. The predicted molar refractivity (Wildman–Crippen MR) is 336 cm³/mol. The molecule has 4 aromatic heterocycles. The minimum absolute atomic E-state index is 0.0422. The van der Waals surface area contributed by atoms with Crippen molar-refractivity contribution in [3.63, 3.8) is 0 Å². The van der Waals surface area contributed by atoms with Crippen molar-refractivity contribution in [1.29, 1.82) is 5.26 Å². The molecule has 2 aliphatic heterocycles. The van der Waals surface area contributed by atoms with Gasteiger partial charge in [-0.05, 0) is 90.0 Å². The summed E-state index contributed by atoms with van der Waals surface area (Å²) in [5, 5.41) is 12.5. The van der Waals surface area contributed by atoms with Crippen molar-refractivity contribution < 1.29 is 51.0 Å². The number of rotatable bonds is 24. The summed E-state index contributed by atoms with van der Waals surface area (Å²) >= 11 is 0. The number of phosphoric acid groups is 1. The zero-order valence-electron chi connectivity index (χ0n) is 51.8. The first-order valence-corrected chi connectivity index (χ1v) is 34.2. The summed E-state index contributed by atoms with van der Waals surface area (Å²) in [7, 11) is -0.824. The topological polar surface area (TPSA) is 276 Å². The number of nitrogens with zero attached hydrogens (tertiary/aromatic N) is 10. The second-order valence-electron chi connectivity index (χ2n) is 24.9. The number of aromatic nitrogens is 8. The molecule has 2 saturated heterocycles. The van der Waals surface area contributed by atoms with Crippen LogP contribution < -0.4 is 20.3 Å². The Balaban J connectivity index is 0.998. The minimum atomic E-state index is -4.79. The highest BCUT2D eigenvalue weighted by molar-refractivity contribution is 7.48. The number of methoxy groups -OCH3 is 2. The van der Waals surface area contributed by atoms with Crippen molar-refractivity contribution >= 4 is 62.5 Å². The van der Waals surface area contributed by atoms with Crippen molar-refractivity contribution in [2.45, 2.75) is 113 Å². The van der Waals surface area contributed by atoms with E-state index in [1.165, 1.54) is 19.0 Å². The van der Waals surface area contributed by atoms with Crippen molar-refractivity contribution in [3.8, 4) is 17.6 Å². The van der Waals surface area contributed by atoms with E-state index in [1.54, 1.807) is 68.4 Å². The van der Waals surface area contributed by atoms with Gasteiger partial charge in [0.25, 0.3) is 11.5 Å². The normalized spacial score (nSPS) is 24.5. The molecule has 10 atom stereocenters. The fourth-order valence-corrected chi connectivity index (χ4v) is 15.3. The van der Waals surface area contributed by atoms with Gasteiger partial charge in [-0.15, -0.1) is 0 Å². The van der Waals surface area contributed by atoms with Crippen LogP contribution in [0.3, 0.4) is 0 Å². The molecule has 4 fully saturated rings. The molecule has 6 heterocycles. The SMILES string of the molecule is CC[C@@]12CO[C@@H]([C@H](n3cnc4c(=O)[nH]c(/N=C/N(C)C)nc43)O1)[C@@H]2OP(=O)(OCCC#N)OC[C@]12C[C@@H]1[C@@H](n1cnc3c(NC(=O)c4ccccc4)ncnc31)[C@H](O[Si](C)(C)C(C)(C)C)[C@@H]2OC(c1ccccc1)(c1ccc(OC)cc1)c1ccc(OC)cc1. The third-order valence-electron chi connectivity index (χ3n) is 18.3. The number of hydrogen-bond acceptors (Lipinski definition) is 19. The molecule has 8 aromatic rings. The Bertz CT molecular complexity index is 4060.